The molecule has 0 spiro atoms. The van der Waals surface area contributed by atoms with E-state index in [9.17, 15) is 4.79 Å². The number of hydrogen-bond donors (Lipinski definition) is 2. The van der Waals surface area contributed by atoms with Crippen LogP contribution in [0.15, 0.2) is 24.4 Å². The van der Waals surface area contributed by atoms with Crippen LogP contribution in [0.2, 0.25) is 0 Å². The Morgan fingerprint density at radius 1 is 1.36 bits per heavy atom. The summed E-state index contributed by atoms with van der Waals surface area (Å²) in [6.07, 6.45) is 7.27. The molecule has 1 aromatic heterocycles. The fourth-order valence-electron chi connectivity index (χ4n) is 3.60. The summed E-state index contributed by atoms with van der Waals surface area (Å²) in [5.41, 5.74) is 3.06. The second kappa shape index (κ2) is 8.04. The second-order valence-electron chi connectivity index (χ2n) is 6.66. The number of unbranched alkanes of at least 4 members (excludes halogenated alkanes) is 1. The lowest BCUT2D eigenvalue weighted by atomic mass is 9.91. The van der Waals surface area contributed by atoms with E-state index in [1.807, 2.05) is 24.4 Å². The Kier molecular flexibility index (Phi) is 5.56. The molecular weight excluding hydrogens is 318 g/mol. The average molecular weight is 341 g/mol. The molecule has 1 fully saturated rings. The second-order valence-corrected chi connectivity index (χ2v) is 6.66. The Balaban J connectivity index is 1.42. The number of hydrogen-bond acceptors (Lipinski definition) is 4. The lowest BCUT2D eigenvalue weighted by Crippen LogP contribution is -2.35. The van der Waals surface area contributed by atoms with Crippen LogP contribution in [0.5, 0.6) is 0 Å². The predicted molar refractivity (Wildman–Crippen MR) is 94.0 cm³/mol. The minimum absolute atomic E-state index is 0.654. The molecule has 6 heteroatoms. The van der Waals surface area contributed by atoms with Crippen molar-refractivity contribution in [3.8, 4) is 6.07 Å². The van der Waals surface area contributed by atoms with Crippen molar-refractivity contribution >= 4 is 17.1 Å². The first kappa shape index (κ1) is 17.3. The van der Waals surface area contributed by atoms with Gasteiger partial charge >= 0.3 is 6.16 Å². The first-order valence-corrected chi connectivity index (χ1v) is 8.81. The Morgan fingerprint density at radius 3 is 2.88 bits per heavy atom. The molecular formula is C19H23N3O3. The van der Waals surface area contributed by atoms with Gasteiger partial charge in [-0.3, -0.25) is 0 Å². The van der Waals surface area contributed by atoms with Crippen molar-refractivity contribution < 1.29 is 14.7 Å². The number of carboxylic acid groups (broad SMARTS) is 1. The Morgan fingerprint density at radius 2 is 2.16 bits per heavy atom. The molecule has 2 heterocycles. The van der Waals surface area contributed by atoms with Gasteiger partial charge in [0.15, 0.2) is 0 Å². The fraction of sp³-hybridized carbons (Fsp3) is 0.474. The molecule has 2 N–H and O–H groups in total. The summed E-state index contributed by atoms with van der Waals surface area (Å²) in [6.45, 7) is 1.38. The number of nitriles is 1. The molecule has 132 valence electrons. The number of fused-ring (bicyclic) bond motifs is 1. The maximum absolute atomic E-state index is 10.5. The van der Waals surface area contributed by atoms with Gasteiger partial charge < -0.3 is 14.9 Å². The van der Waals surface area contributed by atoms with E-state index >= 15 is 0 Å². The van der Waals surface area contributed by atoms with Crippen LogP contribution in [0.4, 0.5) is 4.79 Å². The lowest BCUT2D eigenvalue weighted by molar-refractivity contribution is -0.135. The Bertz CT molecular complexity index is 770. The molecule has 0 unspecified atom stereocenters. The summed E-state index contributed by atoms with van der Waals surface area (Å²) in [5, 5.41) is 20.4. The van der Waals surface area contributed by atoms with Gasteiger partial charge in [-0.05, 0) is 55.4 Å². The van der Waals surface area contributed by atoms with Gasteiger partial charge in [-0.15, -0.1) is 5.06 Å². The van der Waals surface area contributed by atoms with E-state index in [2.05, 4.69) is 11.1 Å². The van der Waals surface area contributed by atoms with Crippen molar-refractivity contribution in [2.75, 3.05) is 13.1 Å². The smallest absolute Gasteiger partial charge is 0.448 e. The van der Waals surface area contributed by atoms with Crippen molar-refractivity contribution in [1.82, 2.24) is 10.0 Å². The van der Waals surface area contributed by atoms with Crippen molar-refractivity contribution in [3.05, 3.63) is 35.5 Å². The third kappa shape index (κ3) is 4.52. The van der Waals surface area contributed by atoms with Crippen LogP contribution >= 0.6 is 0 Å². The van der Waals surface area contributed by atoms with Gasteiger partial charge in [-0.25, -0.2) is 4.79 Å². The van der Waals surface area contributed by atoms with E-state index in [4.69, 9.17) is 15.2 Å². The highest BCUT2D eigenvalue weighted by molar-refractivity contribution is 5.84. The first-order valence-electron chi connectivity index (χ1n) is 8.81. The number of H-pyrrole nitrogens is 1. The number of rotatable bonds is 6. The number of hydroxylamine groups is 2. The SMILES string of the molecule is N#Cc1ccc2[nH]cc(CCCCC3CCN(OC(=O)O)CC3)c2c1. The molecule has 1 aliphatic rings. The monoisotopic (exact) mass is 341 g/mol. The van der Waals surface area contributed by atoms with Gasteiger partial charge in [0.1, 0.15) is 0 Å². The number of nitrogens with one attached hydrogen (secondary N) is 1. The highest BCUT2D eigenvalue weighted by Gasteiger charge is 2.21. The number of carbonyl (C=O) groups is 1. The summed E-state index contributed by atoms with van der Waals surface area (Å²) < 4.78 is 0. The lowest BCUT2D eigenvalue weighted by Gasteiger charge is -2.29. The van der Waals surface area contributed by atoms with E-state index in [-0.39, 0.29) is 0 Å². The highest BCUT2D eigenvalue weighted by Crippen LogP contribution is 2.25. The van der Waals surface area contributed by atoms with Crippen LogP contribution in [-0.2, 0) is 11.3 Å². The maximum Gasteiger partial charge on any atom is 0.525 e. The number of aromatic amines is 1. The summed E-state index contributed by atoms with van der Waals surface area (Å²) in [4.78, 5) is 18.5. The third-order valence-corrected chi connectivity index (χ3v) is 4.99. The number of benzene rings is 1. The van der Waals surface area contributed by atoms with Crippen LogP contribution < -0.4 is 0 Å². The molecule has 0 amide bonds. The van der Waals surface area contributed by atoms with Gasteiger partial charge in [-0.1, -0.05) is 12.8 Å². The van der Waals surface area contributed by atoms with Gasteiger partial charge in [0.25, 0.3) is 0 Å². The van der Waals surface area contributed by atoms with Crippen LogP contribution in [-0.4, -0.2) is 34.4 Å². The van der Waals surface area contributed by atoms with Crippen LogP contribution in [0.3, 0.4) is 0 Å². The largest absolute Gasteiger partial charge is 0.525 e. The minimum atomic E-state index is -1.23. The summed E-state index contributed by atoms with van der Waals surface area (Å²) in [5.74, 6) is 0.654. The minimum Gasteiger partial charge on any atom is -0.448 e. The van der Waals surface area contributed by atoms with Gasteiger partial charge in [-0.2, -0.15) is 5.26 Å². The van der Waals surface area contributed by atoms with Crippen molar-refractivity contribution in [1.29, 1.82) is 5.26 Å². The quantitative estimate of drug-likeness (QED) is 0.773. The van der Waals surface area contributed by atoms with E-state index in [1.54, 1.807) is 0 Å². The normalized spacial score (nSPS) is 16.0. The maximum atomic E-state index is 10.5. The van der Waals surface area contributed by atoms with Crippen molar-refractivity contribution in [2.24, 2.45) is 5.92 Å². The molecule has 1 saturated heterocycles. The van der Waals surface area contributed by atoms with Gasteiger partial charge in [0.05, 0.1) is 11.6 Å². The molecule has 0 bridgehead atoms. The molecule has 1 aromatic carbocycles. The van der Waals surface area contributed by atoms with Crippen LogP contribution in [0, 0.1) is 17.2 Å². The number of aryl methyl sites for hydroxylation is 1. The summed E-state index contributed by atoms with van der Waals surface area (Å²) in [7, 11) is 0. The van der Waals surface area contributed by atoms with Crippen LogP contribution in [0.25, 0.3) is 10.9 Å². The van der Waals surface area contributed by atoms with E-state index in [0.29, 0.717) is 24.6 Å². The third-order valence-electron chi connectivity index (χ3n) is 4.99. The number of nitrogens with zero attached hydrogens (tertiary/aromatic N) is 2. The molecule has 25 heavy (non-hydrogen) atoms. The predicted octanol–water partition coefficient (Wildman–Crippen LogP) is 4.07. The first-order chi connectivity index (χ1) is 12.2. The van der Waals surface area contributed by atoms with E-state index in [1.165, 1.54) is 17.0 Å². The Labute approximate surface area is 147 Å². The molecule has 1 aliphatic heterocycles. The standard InChI is InChI=1S/C19H23N3O3/c20-12-15-5-6-18-17(11-15)16(13-21-18)4-2-1-3-14-7-9-22(10-8-14)25-19(23)24/h5-6,11,13-14,21H,1-4,7-10H2,(H,23,24). The summed E-state index contributed by atoms with van der Waals surface area (Å²) in [6, 6.07) is 7.95. The van der Waals surface area contributed by atoms with Crippen molar-refractivity contribution in [2.45, 2.75) is 38.5 Å². The number of aromatic nitrogens is 1. The average Bonchev–Trinajstić information content (AvgIpc) is 3.02. The van der Waals surface area contributed by atoms with Gasteiger partial charge in [0, 0.05) is 30.2 Å². The molecule has 0 saturated carbocycles. The molecule has 0 aliphatic carbocycles. The fourth-order valence-corrected chi connectivity index (χ4v) is 3.60. The highest BCUT2D eigenvalue weighted by atomic mass is 16.8. The molecule has 2 aromatic rings. The Hall–Kier alpha value is -2.52. The number of piperidine rings is 1. The molecule has 0 atom stereocenters. The zero-order valence-electron chi connectivity index (χ0n) is 14.2. The van der Waals surface area contributed by atoms with E-state index in [0.717, 1.165) is 43.0 Å². The molecule has 3 rings (SSSR count). The zero-order chi connectivity index (χ0) is 17.6. The van der Waals surface area contributed by atoms with Gasteiger partial charge in [0.2, 0.25) is 0 Å². The van der Waals surface area contributed by atoms with Crippen LogP contribution in [0.1, 0.15) is 43.2 Å². The zero-order valence-corrected chi connectivity index (χ0v) is 14.2. The van der Waals surface area contributed by atoms with Crippen molar-refractivity contribution in [3.63, 3.8) is 0 Å². The topological polar surface area (TPSA) is 89.4 Å². The summed E-state index contributed by atoms with van der Waals surface area (Å²) >= 11 is 0. The molecule has 6 nitrogen and oxygen atoms in total. The van der Waals surface area contributed by atoms with E-state index < -0.39 is 6.16 Å². The molecule has 0 radical (unpaired) electrons.